The van der Waals surface area contributed by atoms with Crippen molar-refractivity contribution < 1.29 is 23.4 Å². The number of ether oxygens (including phenoxy) is 2. The molecule has 1 saturated carbocycles. The number of hydrogen-bond donors (Lipinski definition) is 1. The van der Waals surface area contributed by atoms with Gasteiger partial charge in [0, 0.05) is 0 Å². The minimum Gasteiger partial charge on any atom is -0.468 e. The Balaban J connectivity index is 2.42. The van der Waals surface area contributed by atoms with Gasteiger partial charge in [0.05, 0.1) is 13.2 Å². The van der Waals surface area contributed by atoms with E-state index in [9.17, 15) is 9.36 Å². The van der Waals surface area contributed by atoms with E-state index in [0.717, 1.165) is 11.1 Å². The third kappa shape index (κ3) is 6.56. The maximum Gasteiger partial charge on any atom is 0.342 e. The van der Waals surface area contributed by atoms with Crippen molar-refractivity contribution >= 4 is 13.5 Å². The quantitative estimate of drug-likeness (QED) is 0.376. The molecule has 1 aliphatic carbocycles. The molecule has 7 heteroatoms. The number of hydrogen-bond acceptors (Lipinski definition) is 5. The number of benzene rings is 1. The Bertz CT molecular complexity index is 745. The first-order valence-corrected chi connectivity index (χ1v) is 12.3. The van der Waals surface area contributed by atoms with Crippen molar-refractivity contribution in [2.45, 2.75) is 78.4 Å². The van der Waals surface area contributed by atoms with Crippen molar-refractivity contribution in [2.75, 3.05) is 13.5 Å². The first-order valence-electron chi connectivity index (χ1n) is 10.5. The van der Waals surface area contributed by atoms with E-state index in [-0.39, 0.29) is 18.4 Å². The number of carbonyl (C=O) groups is 1. The van der Waals surface area contributed by atoms with Crippen molar-refractivity contribution in [3.8, 4) is 5.75 Å². The van der Waals surface area contributed by atoms with Gasteiger partial charge in [0.25, 0.3) is 0 Å². The van der Waals surface area contributed by atoms with Crippen molar-refractivity contribution in [1.82, 2.24) is 5.09 Å². The molecule has 6 nitrogen and oxygen atoms in total. The summed E-state index contributed by atoms with van der Waals surface area (Å²) in [7, 11) is -2.23. The predicted molar refractivity (Wildman–Crippen MR) is 116 cm³/mol. The first-order chi connectivity index (χ1) is 13.6. The second kappa shape index (κ2) is 10.1. The summed E-state index contributed by atoms with van der Waals surface area (Å²) >= 11 is 0. The van der Waals surface area contributed by atoms with Gasteiger partial charge < -0.3 is 14.0 Å². The van der Waals surface area contributed by atoms with Gasteiger partial charge in [-0.3, -0.25) is 9.36 Å². The molecule has 0 bridgehead atoms. The maximum absolute atomic E-state index is 13.8. The van der Waals surface area contributed by atoms with Crippen LogP contribution in [0.3, 0.4) is 0 Å². The third-order valence-corrected chi connectivity index (χ3v) is 7.03. The lowest BCUT2D eigenvalue weighted by atomic mass is 9.90. The number of nitrogens with one attached hydrogen (secondary N) is 1. The highest BCUT2D eigenvalue weighted by Gasteiger charge is 2.36. The highest BCUT2D eigenvalue weighted by Crippen LogP contribution is 2.51. The molecule has 1 N–H and O–H groups in total. The second-order valence-corrected chi connectivity index (χ2v) is 10.6. The zero-order chi connectivity index (χ0) is 21.8. The van der Waals surface area contributed by atoms with Gasteiger partial charge in [-0.25, -0.2) is 5.09 Å². The van der Waals surface area contributed by atoms with Crippen LogP contribution in [-0.4, -0.2) is 31.6 Å². The molecule has 3 unspecified atom stereocenters. The summed E-state index contributed by atoms with van der Waals surface area (Å²) in [4.78, 5) is 11.9. The number of esters is 1. The highest BCUT2D eigenvalue weighted by molar-refractivity contribution is 7.57. The summed E-state index contributed by atoms with van der Waals surface area (Å²) in [5.74, 6) is 1.31. The van der Waals surface area contributed by atoms with Crippen molar-refractivity contribution in [1.29, 1.82) is 0 Å². The van der Waals surface area contributed by atoms with E-state index < -0.39 is 19.5 Å². The van der Waals surface area contributed by atoms with Crippen LogP contribution in [-0.2, 0) is 18.8 Å². The SMILES string of the molecule is COC(=O)C(C)NP(=O)(COC(C)C)Oc1c(C(C)C)cccc1C(C)C1CC1. The molecule has 2 rings (SSSR count). The summed E-state index contributed by atoms with van der Waals surface area (Å²) in [6, 6.07) is 5.33. The largest absolute Gasteiger partial charge is 0.468 e. The molecular weight excluding hydrogens is 389 g/mol. The Morgan fingerprint density at radius 1 is 1.14 bits per heavy atom. The average Bonchev–Trinajstić information content (AvgIpc) is 3.50. The van der Waals surface area contributed by atoms with Crippen LogP contribution in [0.5, 0.6) is 5.75 Å². The average molecular weight is 426 g/mol. The van der Waals surface area contributed by atoms with Crippen LogP contribution in [0, 0.1) is 5.92 Å². The summed E-state index contributed by atoms with van der Waals surface area (Å²) in [6.45, 7) is 11.7. The van der Waals surface area contributed by atoms with Gasteiger partial charge in [0.15, 0.2) is 0 Å². The van der Waals surface area contributed by atoms with Crippen molar-refractivity contribution in [3.63, 3.8) is 0 Å². The topological polar surface area (TPSA) is 73.9 Å². The molecule has 0 heterocycles. The standard InChI is InChI=1S/C22H36NO5P/c1-14(2)19-9-8-10-20(16(5)18-11-12-18)21(19)28-29(25,13-27-15(3)4)23-17(6)22(24)26-7/h8-10,14-18H,11-13H2,1-7H3,(H,23,25). The van der Waals surface area contributed by atoms with E-state index >= 15 is 0 Å². The van der Waals surface area contributed by atoms with Crippen LogP contribution >= 0.6 is 7.52 Å². The molecule has 0 saturated heterocycles. The fourth-order valence-corrected chi connectivity index (χ4v) is 5.23. The summed E-state index contributed by atoms with van der Waals surface area (Å²) in [5.41, 5.74) is 2.07. The molecule has 164 valence electrons. The third-order valence-electron chi connectivity index (χ3n) is 5.28. The van der Waals surface area contributed by atoms with Crippen LogP contribution < -0.4 is 9.61 Å². The summed E-state index contributed by atoms with van der Waals surface area (Å²) in [6.07, 6.45) is 2.17. The number of rotatable bonds is 11. The lowest BCUT2D eigenvalue weighted by molar-refractivity contribution is -0.142. The van der Waals surface area contributed by atoms with Crippen LogP contribution in [0.25, 0.3) is 0 Å². The number of para-hydroxylation sites is 1. The maximum atomic E-state index is 13.8. The zero-order valence-electron chi connectivity index (χ0n) is 18.7. The smallest absolute Gasteiger partial charge is 0.342 e. The molecule has 29 heavy (non-hydrogen) atoms. The predicted octanol–water partition coefficient (Wildman–Crippen LogP) is 5.43. The molecule has 1 aliphatic rings. The van der Waals surface area contributed by atoms with Gasteiger partial charge in [-0.2, -0.15) is 0 Å². The first kappa shape index (κ1) is 23.9. The normalized spacial score (nSPS) is 18.4. The highest BCUT2D eigenvalue weighted by atomic mass is 31.2. The van der Waals surface area contributed by atoms with E-state index in [2.05, 4.69) is 31.9 Å². The van der Waals surface area contributed by atoms with Gasteiger partial charge in [-0.15, -0.1) is 0 Å². The van der Waals surface area contributed by atoms with E-state index in [1.54, 1.807) is 6.92 Å². The van der Waals surface area contributed by atoms with Crippen LogP contribution in [0.4, 0.5) is 0 Å². The monoisotopic (exact) mass is 425 g/mol. The Hall–Kier alpha value is -1.36. The van der Waals surface area contributed by atoms with E-state index in [4.69, 9.17) is 14.0 Å². The molecule has 0 aliphatic heterocycles. The van der Waals surface area contributed by atoms with E-state index in [0.29, 0.717) is 17.6 Å². The van der Waals surface area contributed by atoms with Crippen LogP contribution in [0.15, 0.2) is 18.2 Å². The van der Waals surface area contributed by atoms with Gasteiger partial charge in [0.2, 0.25) is 0 Å². The lowest BCUT2D eigenvalue weighted by Crippen LogP contribution is -2.35. The van der Waals surface area contributed by atoms with Gasteiger partial charge in [-0.05, 0) is 62.5 Å². The zero-order valence-corrected chi connectivity index (χ0v) is 19.6. The minimum absolute atomic E-state index is 0.118. The van der Waals surface area contributed by atoms with E-state index in [1.807, 2.05) is 26.0 Å². The molecule has 3 atom stereocenters. The van der Waals surface area contributed by atoms with Crippen molar-refractivity contribution in [3.05, 3.63) is 29.3 Å². The molecule has 0 spiro atoms. The molecule has 1 aromatic rings. The van der Waals surface area contributed by atoms with Crippen LogP contribution in [0.2, 0.25) is 0 Å². The molecule has 0 amide bonds. The summed E-state index contributed by atoms with van der Waals surface area (Å²) in [5, 5.41) is 2.86. The Morgan fingerprint density at radius 2 is 1.76 bits per heavy atom. The van der Waals surface area contributed by atoms with Crippen LogP contribution in [0.1, 0.15) is 77.3 Å². The van der Waals surface area contributed by atoms with E-state index in [1.165, 1.54) is 20.0 Å². The number of carbonyl (C=O) groups excluding carboxylic acids is 1. The Morgan fingerprint density at radius 3 is 2.28 bits per heavy atom. The second-order valence-electron chi connectivity index (χ2n) is 8.53. The van der Waals surface area contributed by atoms with Crippen molar-refractivity contribution in [2.24, 2.45) is 5.92 Å². The Labute approximate surface area is 175 Å². The fourth-order valence-electron chi connectivity index (χ4n) is 3.35. The molecule has 0 aromatic heterocycles. The van der Waals surface area contributed by atoms with Gasteiger partial charge in [0.1, 0.15) is 18.1 Å². The molecule has 0 radical (unpaired) electrons. The summed E-state index contributed by atoms with van der Waals surface area (Å²) < 4.78 is 30.5. The molecular formula is C22H36NO5P. The minimum atomic E-state index is -3.53. The Kier molecular flexibility index (Phi) is 8.33. The fraction of sp³-hybridized carbons (Fsp3) is 0.682. The number of methoxy groups -OCH3 is 1. The molecule has 1 aromatic carbocycles. The molecule has 1 fully saturated rings. The van der Waals surface area contributed by atoms with Gasteiger partial charge >= 0.3 is 13.5 Å². The lowest BCUT2D eigenvalue weighted by Gasteiger charge is -2.28. The van der Waals surface area contributed by atoms with Gasteiger partial charge in [-0.1, -0.05) is 39.0 Å².